The van der Waals surface area contributed by atoms with E-state index in [1.165, 1.54) is 0 Å². The minimum Gasteiger partial charge on any atom is -0.489 e. The van der Waals surface area contributed by atoms with Crippen LogP contribution in [0.25, 0.3) is 0 Å². The van der Waals surface area contributed by atoms with Gasteiger partial charge in [-0.05, 0) is 12.1 Å². The Labute approximate surface area is 159 Å². The molecule has 164 valence electrons. The third-order valence-corrected chi connectivity index (χ3v) is 2.96. The number of hydrogen-bond donors (Lipinski definition) is 4. The fourth-order valence-corrected chi connectivity index (χ4v) is 1.70. The van der Waals surface area contributed by atoms with E-state index in [9.17, 15) is 31.1 Å². The number of carboxylic acids is 2. The molecule has 0 spiro atoms. The van der Waals surface area contributed by atoms with E-state index in [4.69, 9.17) is 30.3 Å². The highest BCUT2D eigenvalue weighted by atomic mass is 19.4. The van der Waals surface area contributed by atoms with Gasteiger partial charge in [0.05, 0.1) is 6.04 Å². The summed E-state index contributed by atoms with van der Waals surface area (Å²) in [6.07, 6.45) is -9.49. The average Bonchev–Trinajstić information content (AvgIpc) is 3.04. The van der Waals surface area contributed by atoms with Crippen LogP contribution in [0.4, 0.5) is 26.3 Å². The molecule has 2 atom stereocenters. The van der Waals surface area contributed by atoms with Crippen LogP contribution < -0.4 is 15.8 Å². The Morgan fingerprint density at radius 2 is 1.38 bits per heavy atom. The normalized spacial score (nSPS) is 18.4. The summed E-state index contributed by atoms with van der Waals surface area (Å²) in [4.78, 5) is 28.7. The van der Waals surface area contributed by atoms with Crippen LogP contribution >= 0.6 is 0 Å². The van der Waals surface area contributed by atoms with Gasteiger partial charge in [0.2, 0.25) is 5.91 Å². The van der Waals surface area contributed by atoms with Gasteiger partial charge in [0.25, 0.3) is 0 Å². The molecule has 2 rings (SSSR count). The highest BCUT2D eigenvalue weighted by Gasteiger charge is 2.38. The second-order valence-electron chi connectivity index (χ2n) is 5.26. The van der Waals surface area contributed by atoms with Crippen LogP contribution in [0, 0.1) is 0 Å². The molecule has 1 aliphatic heterocycles. The molecule has 0 saturated carbocycles. The number of primary amides is 1. The summed E-state index contributed by atoms with van der Waals surface area (Å²) in [5.74, 6) is -5.00. The number of hydrogen-bond acceptors (Lipinski definition) is 5. The fraction of sp³-hybridized carbons (Fsp3) is 0.400. The lowest BCUT2D eigenvalue weighted by atomic mass is 10.2. The van der Waals surface area contributed by atoms with Crippen LogP contribution in [0.3, 0.4) is 0 Å². The summed E-state index contributed by atoms with van der Waals surface area (Å²) in [6.45, 7) is 0.669. The number of nitrogens with two attached hydrogens (primary N) is 1. The molecule has 5 N–H and O–H groups in total. The van der Waals surface area contributed by atoms with E-state index in [1.54, 1.807) is 0 Å². The zero-order valence-corrected chi connectivity index (χ0v) is 14.3. The van der Waals surface area contributed by atoms with Crippen molar-refractivity contribution in [2.75, 3.05) is 6.54 Å². The maximum absolute atomic E-state index is 10.9. The maximum atomic E-state index is 10.9. The number of amides is 1. The second-order valence-corrected chi connectivity index (χ2v) is 5.26. The van der Waals surface area contributed by atoms with Gasteiger partial charge in [-0.1, -0.05) is 18.2 Å². The predicted molar refractivity (Wildman–Crippen MR) is 83.8 cm³/mol. The summed E-state index contributed by atoms with van der Waals surface area (Å²) in [6, 6.07) is 9.33. The van der Waals surface area contributed by atoms with Crippen molar-refractivity contribution in [1.82, 2.24) is 5.32 Å². The Morgan fingerprint density at radius 3 is 1.69 bits per heavy atom. The number of ether oxygens (including phenoxy) is 1. The van der Waals surface area contributed by atoms with Crippen molar-refractivity contribution in [3.63, 3.8) is 0 Å². The van der Waals surface area contributed by atoms with E-state index in [1.807, 2.05) is 30.3 Å². The number of rotatable bonds is 3. The molecule has 1 aromatic carbocycles. The van der Waals surface area contributed by atoms with Gasteiger partial charge in [-0.25, -0.2) is 9.59 Å². The lowest BCUT2D eigenvalue weighted by Crippen LogP contribution is -2.36. The monoisotopic (exact) mass is 434 g/mol. The number of para-hydroxylation sites is 1. The van der Waals surface area contributed by atoms with Gasteiger partial charge < -0.3 is 26.0 Å². The highest BCUT2D eigenvalue weighted by molar-refractivity contribution is 5.80. The average molecular weight is 434 g/mol. The molecular formula is C15H16F6N2O6. The van der Waals surface area contributed by atoms with E-state index >= 15 is 0 Å². The van der Waals surface area contributed by atoms with Crippen LogP contribution in [-0.4, -0.2) is 59.1 Å². The molecule has 1 amide bonds. The Balaban J connectivity index is 0.000000473. The molecule has 1 aliphatic rings. The lowest BCUT2D eigenvalue weighted by Gasteiger charge is -2.12. The molecule has 1 heterocycles. The number of aliphatic carboxylic acids is 2. The van der Waals surface area contributed by atoms with Crippen LogP contribution in [0.1, 0.15) is 6.42 Å². The molecule has 2 unspecified atom stereocenters. The molecule has 29 heavy (non-hydrogen) atoms. The van der Waals surface area contributed by atoms with Crippen molar-refractivity contribution in [2.24, 2.45) is 5.73 Å². The quantitative estimate of drug-likeness (QED) is 0.530. The third kappa shape index (κ3) is 11.4. The van der Waals surface area contributed by atoms with E-state index in [-0.39, 0.29) is 18.1 Å². The number of halogens is 6. The molecule has 14 heteroatoms. The molecular weight excluding hydrogens is 418 g/mol. The topological polar surface area (TPSA) is 139 Å². The Hall–Kier alpha value is -3.03. The summed E-state index contributed by atoms with van der Waals surface area (Å²) in [7, 11) is 0. The first-order valence-corrected chi connectivity index (χ1v) is 7.49. The van der Waals surface area contributed by atoms with Gasteiger partial charge in [-0.15, -0.1) is 0 Å². The molecule has 0 radical (unpaired) electrons. The standard InChI is InChI=1S/C11H14N2O2.2C2HF3O2/c12-11(14)10-6-9(7-13-10)15-8-4-2-1-3-5-8;2*3-2(4,5)1(6)7/h1-5,9-10,13H,6-7H2,(H2,12,14);2*(H,6,7). The number of alkyl halides is 6. The van der Waals surface area contributed by atoms with Crippen LogP contribution in [-0.2, 0) is 14.4 Å². The fourth-order valence-electron chi connectivity index (χ4n) is 1.70. The van der Waals surface area contributed by atoms with E-state index in [2.05, 4.69) is 5.32 Å². The van der Waals surface area contributed by atoms with Crippen LogP contribution in [0.15, 0.2) is 30.3 Å². The molecule has 0 bridgehead atoms. The largest absolute Gasteiger partial charge is 0.490 e. The molecule has 0 aromatic heterocycles. The lowest BCUT2D eigenvalue weighted by molar-refractivity contribution is -0.193. The van der Waals surface area contributed by atoms with Crippen LogP contribution in [0.5, 0.6) is 5.75 Å². The number of carboxylic acid groups (broad SMARTS) is 2. The first-order valence-electron chi connectivity index (χ1n) is 7.49. The minimum absolute atomic E-state index is 0.0323. The van der Waals surface area contributed by atoms with Gasteiger partial charge in [0.15, 0.2) is 0 Å². The second kappa shape index (κ2) is 11.1. The number of nitrogens with one attached hydrogen (secondary N) is 1. The van der Waals surface area contributed by atoms with Gasteiger partial charge >= 0.3 is 24.3 Å². The van der Waals surface area contributed by atoms with Gasteiger partial charge in [-0.2, -0.15) is 26.3 Å². The predicted octanol–water partition coefficient (Wildman–Crippen LogP) is 1.55. The van der Waals surface area contributed by atoms with E-state index in [0.29, 0.717) is 13.0 Å². The Morgan fingerprint density at radius 1 is 0.966 bits per heavy atom. The third-order valence-electron chi connectivity index (χ3n) is 2.96. The van der Waals surface area contributed by atoms with Crippen molar-refractivity contribution in [2.45, 2.75) is 30.9 Å². The van der Waals surface area contributed by atoms with E-state index < -0.39 is 24.3 Å². The summed E-state index contributed by atoms with van der Waals surface area (Å²) in [5.41, 5.74) is 5.20. The Bertz CT molecular complexity index is 656. The summed E-state index contributed by atoms with van der Waals surface area (Å²) >= 11 is 0. The maximum Gasteiger partial charge on any atom is 0.490 e. The molecule has 8 nitrogen and oxygen atoms in total. The number of benzene rings is 1. The molecule has 0 aliphatic carbocycles. The molecule has 1 aromatic rings. The first kappa shape index (κ1) is 26.0. The number of carbonyl (C=O) groups is 3. The first-order chi connectivity index (χ1) is 13.1. The van der Waals surface area contributed by atoms with Gasteiger partial charge in [-0.3, -0.25) is 4.79 Å². The van der Waals surface area contributed by atoms with Crippen molar-refractivity contribution >= 4 is 17.8 Å². The highest BCUT2D eigenvalue weighted by Crippen LogP contribution is 2.16. The van der Waals surface area contributed by atoms with Crippen molar-refractivity contribution in [3.05, 3.63) is 30.3 Å². The molecule has 1 fully saturated rings. The zero-order valence-electron chi connectivity index (χ0n) is 14.3. The smallest absolute Gasteiger partial charge is 0.489 e. The minimum atomic E-state index is -5.08. The van der Waals surface area contributed by atoms with Gasteiger partial charge in [0.1, 0.15) is 11.9 Å². The van der Waals surface area contributed by atoms with Gasteiger partial charge in [0, 0.05) is 13.0 Å². The Kier molecular flexibility index (Phi) is 9.93. The van der Waals surface area contributed by atoms with Crippen molar-refractivity contribution in [3.8, 4) is 5.75 Å². The van der Waals surface area contributed by atoms with Crippen LogP contribution in [0.2, 0.25) is 0 Å². The van der Waals surface area contributed by atoms with Crippen molar-refractivity contribution < 1.29 is 55.7 Å². The summed E-state index contributed by atoms with van der Waals surface area (Å²) in [5, 5.41) is 17.3. The summed E-state index contributed by atoms with van der Waals surface area (Å²) < 4.78 is 69.2. The SMILES string of the molecule is NC(=O)C1CC(Oc2ccccc2)CN1.O=C(O)C(F)(F)F.O=C(O)C(F)(F)F. The zero-order chi connectivity index (χ0) is 22.8. The number of carbonyl (C=O) groups excluding carboxylic acids is 1. The van der Waals surface area contributed by atoms with Crippen molar-refractivity contribution in [1.29, 1.82) is 0 Å². The molecule has 1 saturated heterocycles. The van der Waals surface area contributed by atoms with E-state index in [0.717, 1.165) is 5.75 Å².